The second-order valence-electron chi connectivity index (χ2n) is 4.83. The lowest BCUT2D eigenvalue weighted by molar-refractivity contribution is 0.520. The number of nitrogens with one attached hydrogen (secondary N) is 1. The Balaban J connectivity index is 2.37. The predicted octanol–water partition coefficient (Wildman–Crippen LogP) is 2.33. The number of anilines is 1. The molecule has 0 bridgehead atoms. The van der Waals surface area contributed by atoms with Crippen molar-refractivity contribution in [2.75, 3.05) is 11.9 Å². The summed E-state index contributed by atoms with van der Waals surface area (Å²) in [5.74, 6) is 1.23. The second kappa shape index (κ2) is 5.31. The highest BCUT2D eigenvalue weighted by Crippen LogP contribution is 2.23. The van der Waals surface area contributed by atoms with Crippen LogP contribution in [0.25, 0.3) is 10.8 Å². The molecule has 0 fully saturated rings. The van der Waals surface area contributed by atoms with Crippen LogP contribution in [0.15, 0.2) is 24.3 Å². The molecule has 0 spiro atoms. The first-order valence-corrected chi connectivity index (χ1v) is 6.32. The fourth-order valence-electron chi connectivity index (χ4n) is 1.91. The average Bonchev–Trinajstić information content (AvgIpc) is 2.41. The molecular weight excluding hydrogens is 224 g/mol. The Morgan fingerprint density at radius 3 is 2.50 bits per heavy atom. The molecule has 1 aromatic carbocycles. The Morgan fingerprint density at radius 1 is 1.17 bits per heavy atom. The van der Waals surface area contributed by atoms with E-state index in [0.29, 0.717) is 12.5 Å². The number of nitrogens with zero attached hydrogens (tertiary/aromatic N) is 2. The molecule has 3 N–H and O–H groups in total. The van der Waals surface area contributed by atoms with Gasteiger partial charge in [0.15, 0.2) is 5.82 Å². The predicted molar refractivity (Wildman–Crippen MR) is 75.6 cm³/mol. The first-order chi connectivity index (χ1) is 8.63. The Labute approximate surface area is 108 Å². The van der Waals surface area contributed by atoms with Gasteiger partial charge in [-0.2, -0.15) is 5.10 Å². The Bertz CT molecular complexity index is 538. The molecule has 96 valence electrons. The van der Waals surface area contributed by atoms with Crippen LogP contribution in [0.1, 0.15) is 19.5 Å². The van der Waals surface area contributed by atoms with Crippen LogP contribution >= 0.6 is 0 Å². The molecule has 0 saturated carbocycles. The van der Waals surface area contributed by atoms with E-state index in [2.05, 4.69) is 41.5 Å². The van der Waals surface area contributed by atoms with Crippen molar-refractivity contribution in [1.82, 2.24) is 10.2 Å². The zero-order valence-corrected chi connectivity index (χ0v) is 11.1. The molecule has 0 radical (unpaired) electrons. The summed E-state index contributed by atoms with van der Waals surface area (Å²) in [6, 6.07) is 8.45. The first kappa shape index (κ1) is 12.8. The maximum absolute atomic E-state index is 5.69. The molecule has 0 saturated heterocycles. The van der Waals surface area contributed by atoms with Crippen LogP contribution in [0, 0.1) is 12.8 Å². The molecule has 0 amide bonds. The molecule has 2 aromatic rings. The van der Waals surface area contributed by atoms with Crippen molar-refractivity contribution in [2.24, 2.45) is 11.7 Å². The molecule has 18 heavy (non-hydrogen) atoms. The van der Waals surface area contributed by atoms with E-state index in [9.17, 15) is 0 Å². The van der Waals surface area contributed by atoms with Gasteiger partial charge >= 0.3 is 0 Å². The molecule has 0 aliphatic rings. The van der Waals surface area contributed by atoms with Gasteiger partial charge in [-0.1, -0.05) is 31.2 Å². The van der Waals surface area contributed by atoms with Crippen LogP contribution in [0.5, 0.6) is 0 Å². The van der Waals surface area contributed by atoms with Gasteiger partial charge in [0.05, 0.1) is 5.69 Å². The molecule has 2 rings (SSSR count). The van der Waals surface area contributed by atoms with Gasteiger partial charge < -0.3 is 11.1 Å². The smallest absolute Gasteiger partial charge is 0.156 e. The molecule has 4 heteroatoms. The van der Waals surface area contributed by atoms with Gasteiger partial charge in [-0.15, -0.1) is 5.10 Å². The highest BCUT2D eigenvalue weighted by molar-refractivity contribution is 5.92. The van der Waals surface area contributed by atoms with Crippen molar-refractivity contribution < 1.29 is 0 Å². The average molecular weight is 244 g/mol. The summed E-state index contributed by atoms with van der Waals surface area (Å²) < 4.78 is 0. The number of rotatable bonds is 4. The summed E-state index contributed by atoms with van der Waals surface area (Å²) in [7, 11) is 0. The summed E-state index contributed by atoms with van der Waals surface area (Å²) >= 11 is 0. The quantitative estimate of drug-likeness (QED) is 0.866. The van der Waals surface area contributed by atoms with Crippen molar-refractivity contribution in [1.29, 1.82) is 0 Å². The third-order valence-corrected chi connectivity index (χ3v) is 3.46. The summed E-state index contributed by atoms with van der Waals surface area (Å²) in [5, 5.41) is 14.1. The first-order valence-electron chi connectivity index (χ1n) is 6.32. The molecule has 4 nitrogen and oxygen atoms in total. The standard InChI is InChI=1S/C14H20N4/c1-9(8-15)10(2)16-14-13-7-5-4-6-12(13)11(3)17-18-14/h4-7,9-10H,8,15H2,1-3H3,(H,16,18). The fraction of sp³-hybridized carbons (Fsp3) is 0.429. The highest BCUT2D eigenvalue weighted by atomic mass is 15.2. The molecule has 0 aliphatic heterocycles. The van der Waals surface area contributed by atoms with Crippen LogP contribution in [0.2, 0.25) is 0 Å². The topological polar surface area (TPSA) is 63.8 Å². The van der Waals surface area contributed by atoms with Crippen LogP contribution in [0.3, 0.4) is 0 Å². The fourth-order valence-corrected chi connectivity index (χ4v) is 1.91. The van der Waals surface area contributed by atoms with E-state index in [-0.39, 0.29) is 6.04 Å². The van der Waals surface area contributed by atoms with E-state index in [1.54, 1.807) is 0 Å². The highest BCUT2D eigenvalue weighted by Gasteiger charge is 2.13. The lowest BCUT2D eigenvalue weighted by Crippen LogP contribution is -2.30. The number of aromatic nitrogens is 2. The molecule has 2 unspecified atom stereocenters. The van der Waals surface area contributed by atoms with Crippen LogP contribution < -0.4 is 11.1 Å². The van der Waals surface area contributed by atoms with Gasteiger partial charge in [0.25, 0.3) is 0 Å². The minimum atomic E-state index is 0.274. The van der Waals surface area contributed by atoms with Crippen molar-refractivity contribution in [3.63, 3.8) is 0 Å². The van der Waals surface area contributed by atoms with Crippen LogP contribution in [-0.2, 0) is 0 Å². The largest absolute Gasteiger partial charge is 0.365 e. The van der Waals surface area contributed by atoms with E-state index in [0.717, 1.165) is 22.3 Å². The van der Waals surface area contributed by atoms with Crippen LogP contribution in [-0.4, -0.2) is 22.8 Å². The van der Waals surface area contributed by atoms with Crippen molar-refractivity contribution in [3.05, 3.63) is 30.0 Å². The van der Waals surface area contributed by atoms with E-state index in [1.165, 1.54) is 0 Å². The number of hydrogen-bond acceptors (Lipinski definition) is 4. The van der Waals surface area contributed by atoms with E-state index < -0.39 is 0 Å². The zero-order chi connectivity index (χ0) is 13.1. The molecule has 1 aromatic heterocycles. The molecule has 1 heterocycles. The Hall–Kier alpha value is -1.68. The second-order valence-corrected chi connectivity index (χ2v) is 4.83. The van der Waals surface area contributed by atoms with E-state index in [4.69, 9.17) is 5.73 Å². The Morgan fingerprint density at radius 2 is 1.83 bits per heavy atom. The summed E-state index contributed by atoms with van der Waals surface area (Å²) in [5.41, 5.74) is 6.64. The van der Waals surface area contributed by atoms with E-state index in [1.807, 2.05) is 19.1 Å². The molecule has 0 aliphatic carbocycles. The summed E-state index contributed by atoms with van der Waals surface area (Å²) in [4.78, 5) is 0. The lowest BCUT2D eigenvalue weighted by atomic mass is 10.0. The van der Waals surface area contributed by atoms with Crippen molar-refractivity contribution in [2.45, 2.75) is 26.8 Å². The van der Waals surface area contributed by atoms with Gasteiger partial charge in [-0.25, -0.2) is 0 Å². The van der Waals surface area contributed by atoms with Gasteiger partial charge in [0.1, 0.15) is 0 Å². The number of aryl methyl sites for hydroxylation is 1. The Kier molecular flexibility index (Phi) is 3.77. The van der Waals surface area contributed by atoms with E-state index >= 15 is 0 Å². The number of hydrogen-bond donors (Lipinski definition) is 2. The molecular formula is C14H20N4. The molecule has 2 atom stereocenters. The monoisotopic (exact) mass is 244 g/mol. The number of fused-ring (bicyclic) bond motifs is 1. The minimum absolute atomic E-state index is 0.274. The minimum Gasteiger partial charge on any atom is -0.365 e. The van der Waals surface area contributed by atoms with Crippen molar-refractivity contribution >= 4 is 16.6 Å². The number of nitrogens with two attached hydrogens (primary N) is 1. The SMILES string of the molecule is Cc1nnc(NC(C)C(C)CN)c2ccccc12. The van der Waals surface area contributed by atoms with Gasteiger partial charge in [0, 0.05) is 16.8 Å². The van der Waals surface area contributed by atoms with Gasteiger partial charge in [-0.3, -0.25) is 0 Å². The normalized spacial score (nSPS) is 14.4. The van der Waals surface area contributed by atoms with Gasteiger partial charge in [0.2, 0.25) is 0 Å². The van der Waals surface area contributed by atoms with Crippen LogP contribution in [0.4, 0.5) is 5.82 Å². The van der Waals surface area contributed by atoms with Crippen molar-refractivity contribution in [3.8, 4) is 0 Å². The lowest BCUT2D eigenvalue weighted by Gasteiger charge is -2.21. The third kappa shape index (κ3) is 2.43. The summed E-state index contributed by atoms with van der Waals surface area (Å²) in [6.07, 6.45) is 0. The maximum Gasteiger partial charge on any atom is 0.156 e. The zero-order valence-electron chi connectivity index (χ0n) is 11.1. The maximum atomic E-state index is 5.69. The number of benzene rings is 1. The summed E-state index contributed by atoms with van der Waals surface area (Å²) in [6.45, 7) is 6.88. The van der Waals surface area contributed by atoms with Gasteiger partial charge in [-0.05, 0) is 26.3 Å². The third-order valence-electron chi connectivity index (χ3n) is 3.46.